The lowest BCUT2D eigenvalue weighted by molar-refractivity contribution is -0.149. The van der Waals surface area contributed by atoms with Crippen molar-refractivity contribution in [3.63, 3.8) is 0 Å². The highest BCUT2D eigenvalue weighted by molar-refractivity contribution is 5.90. The Bertz CT molecular complexity index is 418. The Kier molecular flexibility index (Phi) is 5.88. The first-order chi connectivity index (χ1) is 8.20. The van der Waals surface area contributed by atoms with Gasteiger partial charge in [0.2, 0.25) is 0 Å². The summed E-state index contributed by atoms with van der Waals surface area (Å²) in [6.07, 6.45) is 0. The van der Waals surface area contributed by atoms with Crippen molar-refractivity contribution in [1.82, 2.24) is 0 Å². The topological polar surface area (TPSA) is 83.8 Å². The van der Waals surface area contributed by atoms with E-state index in [0.717, 1.165) is 0 Å². The fraction of sp³-hybridized carbons (Fsp3) is 0.385. The Hall–Kier alpha value is -2.04. The molecule has 0 aliphatic carbocycles. The van der Waals surface area contributed by atoms with Crippen LogP contribution in [0.15, 0.2) is 24.3 Å². The molecule has 0 aromatic heterocycles. The number of carbonyl (C=O) groups excluding carboxylic acids is 1. The number of aromatic hydroxyl groups is 1. The van der Waals surface area contributed by atoms with Gasteiger partial charge in [-0.25, -0.2) is 4.79 Å². The number of benzene rings is 1. The predicted octanol–water partition coefficient (Wildman–Crippen LogP) is 2.30. The van der Waals surface area contributed by atoms with Gasteiger partial charge in [0.05, 0.1) is 12.5 Å². The molecule has 18 heavy (non-hydrogen) atoms. The van der Waals surface area contributed by atoms with Crippen molar-refractivity contribution in [3.05, 3.63) is 29.8 Å². The number of rotatable bonds is 1. The van der Waals surface area contributed by atoms with Crippen LogP contribution in [0.3, 0.4) is 0 Å². The van der Waals surface area contributed by atoms with Crippen LogP contribution < -0.4 is 0 Å². The fourth-order valence-corrected chi connectivity index (χ4v) is 0.961. The molecule has 2 N–H and O–H groups in total. The molecule has 0 atom stereocenters. The molecule has 0 aliphatic rings. The molecule has 100 valence electrons. The van der Waals surface area contributed by atoms with E-state index in [0.29, 0.717) is 0 Å². The Morgan fingerprint density at radius 3 is 1.89 bits per heavy atom. The van der Waals surface area contributed by atoms with Crippen molar-refractivity contribution in [2.24, 2.45) is 5.41 Å². The summed E-state index contributed by atoms with van der Waals surface area (Å²) in [5, 5.41) is 17.3. The highest BCUT2D eigenvalue weighted by atomic mass is 16.5. The molecule has 5 nitrogen and oxygen atoms in total. The van der Waals surface area contributed by atoms with Crippen LogP contribution in [0, 0.1) is 5.41 Å². The lowest BCUT2D eigenvalue weighted by atomic mass is 9.98. The molecule has 0 aliphatic heterocycles. The van der Waals surface area contributed by atoms with E-state index in [1.165, 1.54) is 19.2 Å². The molecule has 1 aromatic carbocycles. The van der Waals surface area contributed by atoms with Crippen LogP contribution >= 0.6 is 0 Å². The Balaban J connectivity index is 0.000000331. The number of ether oxygens (including phenoxy) is 1. The molecule has 0 unspecified atom stereocenters. The van der Waals surface area contributed by atoms with Crippen molar-refractivity contribution in [2.45, 2.75) is 20.8 Å². The van der Waals surface area contributed by atoms with Gasteiger partial charge in [-0.15, -0.1) is 0 Å². The zero-order valence-electron chi connectivity index (χ0n) is 10.9. The van der Waals surface area contributed by atoms with E-state index >= 15 is 0 Å². The monoisotopic (exact) mass is 254 g/mol. The van der Waals surface area contributed by atoms with Gasteiger partial charge in [0.15, 0.2) is 0 Å². The minimum atomic E-state index is -1.11. The summed E-state index contributed by atoms with van der Waals surface area (Å²) in [5.74, 6) is -1.48. The van der Waals surface area contributed by atoms with Crippen LogP contribution in [0.5, 0.6) is 5.75 Å². The first-order valence-electron chi connectivity index (χ1n) is 5.30. The van der Waals surface area contributed by atoms with Crippen molar-refractivity contribution < 1.29 is 24.5 Å². The molecular weight excluding hydrogens is 236 g/mol. The van der Waals surface area contributed by atoms with E-state index in [1.54, 1.807) is 12.1 Å². The van der Waals surface area contributed by atoms with E-state index in [-0.39, 0.29) is 22.7 Å². The smallest absolute Gasteiger partial charge is 0.339 e. The summed E-state index contributed by atoms with van der Waals surface area (Å²) in [7, 11) is 1.40. The first-order valence-corrected chi connectivity index (χ1v) is 5.30. The number of aromatic carboxylic acids is 1. The van der Waals surface area contributed by atoms with Crippen LogP contribution in [-0.2, 0) is 9.53 Å². The molecule has 5 heteroatoms. The number of esters is 1. The third kappa shape index (κ3) is 5.34. The van der Waals surface area contributed by atoms with E-state index in [2.05, 4.69) is 4.74 Å². The molecule has 0 spiro atoms. The summed E-state index contributed by atoms with van der Waals surface area (Å²) in [6, 6.07) is 5.81. The predicted molar refractivity (Wildman–Crippen MR) is 66.5 cm³/mol. The summed E-state index contributed by atoms with van der Waals surface area (Å²) in [6.45, 7) is 5.45. The highest BCUT2D eigenvalue weighted by Crippen LogP contribution is 2.14. The van der Waals surface area contributed by atoms with Gasteiger partial charge in [0, 0.05) is 0 Å². The largest absolute Gasteiger partial charge is 0.507 e. The average molecular weight is 254 g/mol. The third-order valence-electron chi connectivity index (χ3n) is 1.93. The van der Waals surface area contributed by atoms with Crippen molar-refractivity contribution in [3.8, 4) is 5.75 Å². The highest BCUT2D eigenvalue weighted by Gasteiger charge is 2.21. The summed E-state index contributed by atoms with van der Waals surface area (Å²) in [4.78, 5) is 20.9. The number of phenols is 1. The van der Waals surface area contributed by atoms with Crippen LogP contribution in [0.2, 0.25) is 0 Å². The maximum absolute atomic E-state index is 10.6. The van der Waals surface area contributed by atoms with Gasteiger partial charge in [0.25, 0.3) is 0 Å². The molecule has 0 radical (unpaired) electrons. The molecule has 0 saturated heterocycles. The van der Waals surface area contributed by atoms with Crippen LogP contribution in [-0.4, -0.2) is 29.3 Å². The Labute approximate surface area is 106 Å². The molecule has 0 saturated carbocycles. The summed E-state index contributed by atoms with van der Waals surface area (Å²) in [5.41, 5.74) is -0.420. The van der Waals surface area contributed by atoms with Gasteiger partial charge in [-0.1, -0.05) is 12.1 Å². The lowest BCUT2D eigenvalue weighted by Gasteiger charge is -2.13. The molecule has 0 heterocycles. The van der Waals surface area contributed by atoms with Crippen molar-refractivity contribution in [2.75, 3.05) is 7.11 Å². The zero-order valence-corrected chi connectivity index (χ0v) is 10.9. The Morgan fingerprint density at radius 1 is 1.17 bits per heavy atom. The zero-order chi connectivity index (χ0) is 14.3. The first kappa shape index (κ1) is 16.0. The van der Waals surface area contributed by atoms with Gasteiger partial charge in [-0.3, -0.25) is 4.79 Å². The molecule has 0 bridgehead atoms. The second-order valence-corrected chi connectivity index (χ2v) is 4.56. The SMILES string of the molecule is COC(=O)C(C)(C)C.O=C(O)c1ccccc1O. The fourth-order valence-electron chi connectivity index (χ4n) is 0.961. The number of carboxylic acids is 1. The van der Waals surface area contributed by atoms with Gasteiger partial charge in [0.1, 0.15) is 11.3 Å². The lowest BCUT2D eigenvalue weighted by Crippen LogP contribution is -2.21. The minimum absolute atomic E-state index is 0.0671. The second-order valence-electron chi connectivity index (χ2n) is 4.56. The summed E-state index contributed by atoms with van der Waals surface area (Å²) >= 11 is 0. The number of para-hydroxylation sites is 1. The number of carbonyl (C=O) groups is 2. The Morgan fingerprint density at radius 2 is 1.67 bits per heavy atom. The number of hydrogen-bond donors (Lipinski definition) is 2. The maximum Gasteiger partial charge on any atom is 0.339 e. The standard InChI is InChI=1S/C7H6O3.C6H12O2/c8-6-4-2-1-3-5(6)7(9)10;1-6(2,3)5(7)8-4/h1-4,8H,(H,9,10);1-4H3. The number of carboxylic acid groups (broad SMARTS) is 1. The van der Waals surface area contributed by atoms with Gasteiger partial charge in [-0.05, 0) is 32.9 Å². The van der Waals surface area contributed by atoms with Gasteiger partial charge >= 0.3 is 11.9 Å². The van der Waals surface area contributed by atoms with Gasteiger partial charge < -0.3 is 14.9 Å². The normalized spacial score (nSPS) is 10.0. The van der Waals surface area contributed by atoms with Crippen LogP contribution in [0.4, 0.5) is 0 Å². The number of hydrogen-bond acceptors (Lipinski definition) is 4. The molecule has 1 aromatic rings. The maximum atomic E-state index is 10.6. The second kappa shape index (κ2) is 6.64. The minimum Gasteiger partial charge on any atom is -0.507 e. The van der Waals surface area contributed by atoms with E-state index in [4.69, 9.17) is 10.2 Å². The van der Waals surface area contributed by atoms with Gasteiger partial charge in [-0.2, -0.15) is 0 Å². The van der Waals surface area contributed by atoms with E-state index in [1.807, 2.05) is 20.8 Å². The average Bonchev–Trinajstić information content (AvgIpc) is 2.27. The summed E-state index contributed by atoms with van der Waals surface area (Å²) < 4.78 is 4.48. The van der Waals surface area contributed by atoms with E-state index in [9.17, 15) is 9.59 Å². The molecule has 0 fully saturated rings. The van der Waals surface area contributed by atoms with Crippen LogP contribution in [0.1, 0.15) is 31.1 Å². The third-order valence-corrected chi connectivity index (χ3v) is 1.93. The molecule has 1 rings (SSSR count). The van der Waals surface area contributed by atoms with Crippen molar-refractivity contribution >= 4 is 11.9 Å². The van der Waals surface area contributed by atoms with E-state index < -0.39 is 5.97 Å². The van der Waals surface area contributed by atoms with Crippen LogP contribution in [0.25, 0.3) is 0 Å². The van der Waals surface area contributed by atoms with Crippen molar-refractivity contribution in [1.29, 1.82) is 0 Å². The molecular formula is C13H18O5. The quantitative estimate of drug-likeness (QED) is 0.751. The number of methoxy groups -OCH3 is 1. The molecule has 0 amide bonds.